The second-order valence-electron chi connectivity index (χ2n) is 9.59. The first-order chi connectivity index (χ1) is 19.9. The zero-order valence-electron chi connectivity index (χ0n) is 22.8. The minimum atomic E-state index is -4.59. The average Bonchev–Trinajstić information content (AvgIpc) is 2.95. The molecule has 0 aliphatic heterocycles. The van der Waals surface area contributed by atoms with E-state index in [-0.39, 0.29) is 28.8 Å². The molecule has 42 heavy (non-hydrogen) atoms. The van der Waals surface area contributed by atoms with Gasteiger partial charge in [0.25, 0.3) is 5.69 Å². The summed E-state index contributed by atoms with van der Waals surface area (Å²) in [6, 6.07) is 16.7. The monoisotopic (exact) mass is 601 g/mol. The van der Waals surface area contributed by atoms with Crippen LogP contribution in [0.25, 0.3) is 0 Å². The van der Waals surface area contributed by atoms with Gasteiger partial charge in [0.15, 0.2) is 5.11 Å². The molecule has 0 aromatic heterocycles. The maximum atomic E-state index is 13.5. The molecule has 0 radical (unpaired) electrons. The first kappa shape index (κ1) is 32.0. The van der Waals surface area contributed by atoms with Crippen LogP contribution in [0.2, 0.25) is 0 Å². The highest BCUT2D eigenvalue weighted by Crippen LogP contribution is 2.30. The van der Waals surface area contributed by atoms with Crippen LogP contribution < -0.4 is 21.3 Å². The third kappa shape index (κ3) is 9.26. The lowest BCUT2D eigenvalue weighted by Crippen LogP contribution is -2.56. The van der Waals surface area contributed by atoms with Gasteiger partial charge in [0.05, 0.1) is 10.5 Å². The predicted octanol–water partition coefficient (Wildman–Crippen LogP) is 5.68. The van der Waals surface area contributed by atoms with Gasteiger partial charge in [0, 0.05) is 29.9 Å². The number of rotatable bonds is 11. The van der Waals surface area contributed by atoms with Gasteiger partial charge in [-0.05, 0) is 48.0 Å². The number of halogens is 3. The minimum absolute atomic E-state index is 0.0315. The number of nitro groups is 1. The van der Waals surface area contributed by atoms with E-state index in [9.17, 15) is 32.9 Å². The first-order valence-electron chi connectivity index (χ1n) is 13.0. The van der Waals surface area contributed by atoms with Gasteiger partial charge in [-0.2, -0.15) is 13.2 Å². The molecular weight excluding hydrogens is 571 g/mol. The van der Waals surface area contributed by atoms with Crippen molar-refractivity contribution in [1.82, 2.24) is 10.6 Å². The largest absolute Gasteiger partial charge is 0.416 e. The van der Waals surface area contributed by atoms with Crippen LogP contribution in [0, 0.1) is 16.0 Å². The van der Waals surface area contributed by atoms with Gasteiger partial charge in [-0.15, -0.1) is 0 Å². The number of thiocarbonyl (C=S) groups is 1. The molecule has 0 unspecified atom stereocenters. The van der Waals surface area contributed by atoms with Crippen molar-refractivity contribution in [1.29, 1.82) is 0 Å². The van der Waals surface area contributed by atoms with E-state index < -0.39 is 40.6 Å². The van der Waals surface area contributed by atoms with E-state index in [1.165, 1.54) is 30.3 Å². The van der Waals surface area contributed by atoms with E-state index in [2.05, 4.69) is 21.3 Å². The van der Waals surface area contributed by atoms with Gasteiger partial charge < -0.3 is 21.3 Å². The van der Waals surface area contributed by atoms with Crippen LogP contribution >= 0.6 is 12.2 Å². The van der Waals surface area contributed by atoms with Crippen molar-refractivity contribution in [3.63, 3.8) is 0 Å². The minimum Gasteiger partial charge on any atom is -0.350 e. The highest BCUT2D eigenvalue weighted by molar-refractivity contribution is 7.80. The molecular formula is C29H30F3N5O4S. The van der Waals surface area contributed by atoms with E-state index in [0.717, 1.165) is 17.7 Å². The molecule has 0 spiro atoms. The Morgan fingerprint density at radius 3 is 2.17 bits per heavy atom. The molecule has 3 rings (SSSR count). The molecule has 0 saturated carbocycles. The fourth-order valence-corrected chi connectivity index (χ4v) is 4.28. The predicted molar refractivity (Wildman–Crippen MR) is 158 cm³/mol. The maximum absolute atomic E-state index is 13.5. The number of carbonyl (C=O) groups excluding carboxylic acids is 2. The van der Waals surface area contributed by atoms with Gasteiger partial charge in [-0.25, -0.2) is 0 Å². The number of benzene rings is 3. The van der Waals surface area contributed by atoms with Gasteiger partial charge in [-0.3, -0.25) is 19.7 Å². The standard InChI is InChI=1S/C29H30F3N5O4S/c1-3-18(2)25(36-28(42)34-22-13-8-14-23(17-22)37(40)41)27(39)35-24(15-19-9-5-4-6-10-19)26(38)33-21-12-7-11-20(16-21)29(30,31)32/h4-14,16-18,24-25H,3,15H2,1-2H3,(H,33,38)(H,35,39)(H2,34,36,42)/t18-,24+,25-/m0/s1. The van der Waals surface area contributed by atoms with E-state index >= 15 is 0 Å². The molecule has 2 amide bonds. The van der Waals surface area contributed by atoms with Gasteiger partial charge in [0.2, 0.25) is 11.8 Å². The molecule has 9 nitrogen and oxygen atoms in total. The molecule has 3 atom stereocenters. The number of alkyl halides is 3. The van der Waals surface area contributed by atoms with Crippen LogP contribution in [-0.2, 0) is 22.2 Å². The Balaban J connectivity index is 1.80. The first-order valence-corrected chi connectivity index (χ1v) is 13.4. The Hall–Kier alpha value is -4.52. The summed E-state index contributed by atoms with van der Waals surface area (Å²) < 4.78 is 39.6. The summed E-state index contributed by atoms with van der Waals surface area (Å²) in [6.07, 6.45) is -3.96. The molecule has 0 fully saturated rings. The number of carbonyl (C=O) groups is 2. The van der Waals surface area contributed by atoms with Crippen molar-refractivity contribution in [3.8, 4) is 0 Å². The SMILES string of the molecule is CC[C@H](C)[C@H](NC(=S)Nc1cccc([N+](=O)[O-])c1)C(=O)N[C@H](Cc1ccccc1)C(=O)Nc1cccc(C(F)(F)F)c1. The number of anilines is 2. The third-order valence-corrected chi connectivity index (χ3v) is 6.69. The zero-order chi connectivity index (χ0) is 30.9. The Labute approximate surface area is 246 Å². The second kappa shape index (κ2) is 14.4. The number of hydrogen-bond acceptors (Lipinski definition) is 5. The van der Waals surface area contributed by atoms with Crippen LogP contribution in [0.5, 0.6) is 0 Å². The summed E-state index contributed by atoms with van der Waals surface area (Å²) in [4.78, 5) is 37.4. The summed E-state index contributed by atoms with van der Waals surface area (Å²) in [5.41, 5.74) is -0.0734. The summed E-state index contributed by atoms with van der Waals surface area (Å²) in [5.74, 6) is -1.53. The number of nitrogens with zero attached hydrogens (tertiary/aromatic N) is 1. The summed E-state index contributed by atoms with van der Waals surface area (Å²) in [7, 11) is 0. The molecule has 0 aliphatic carbocycles. The van der Waals surface area contributed by atoms with Crippen molar-refractivity contribution in [2.24, 2.45) is 5.92 Å². The number of amides is 2. The van der Waals surface area contributed by atoms with Crippen LogP contribution in [-0.4, -0.2) is 33.9 Å². The van der Waals surface area contributed by atoms with Gasteiger partial charge in [-0.1, -0.05) is 62.7 Å². The summed E-state index contributed by atoms with van der Waals surface area (Å²) in [6.45, 7) is 3.67. The molecule has 13 heteroatoms. The van der Waals surface area contributed by atoms with Crippen LogP contribution in [0.15, 0.2) is 78.9 Å². The second-order valence-corrected chi connectivity index (χ2v) is 10.00. The van der Waals surface area contributed by atoms with Crippen molar-refractivity contribution >= 4 is 46.2 Å². The molecule has 222 valence electrons. The number of nitrogens with one attached hydrogen (secondary N) is 4. The topological polar surface area (TPSA) is 125 Å². The van der Waals surface area contributed by atoms with Crippen LogP contribution in [0.1, 0.15) is 31.4 Å². The Bertz CT molecular complexity index is 1420. The molecule has 3 aromatic carbocycles. The smallest absolute Gasteiger partial charge is 0.350 e. The third-order valence-electron chi connectivity index (χ3n) is 6.47. The maximum Gasteiger partial charge on any atom is 0.416 e. The summed E-state index contributed by atoms with van der Waals surface area (Å²) in [5, 5.41) is 22.1. The normalized spacial score (nSPS) is 13.3. The molecule has 0 bridgehead atoms. The Morgan fingerprint density at radius 2 is 1.55 bits per heavy atom. The van der Waals surface area contributed by atoms with Gasteiger partial charge in [0.1, 0.15) is 12.1 Å². The Kier molecular flexibility index (Phi) is 11.0. The van der Waals surface area contributed by atoms with Crippen molar-refractivity contribution in [2.75, 3.05) is 10.6 Å². The lowest BCUT2D eigenvalue weighted by Gasteiger charge is -2.27. The lowest BCUT2D eigenvalue weighted by atomic mass is 9.97. The van der Waals surface area contributed by atoms with Crippen LogP contribution in [0.3, 0.4) is 0 Å². The molecule has 0 heterocycles. The van der Waals surface area contributed by atoms with E-state index in [0.29, 0.717) is 12.1 Å². The number of non-ortho nitro benzene ring substituents is 1. The molecule has 3 aromatic rings. The van der Waals surface area contributed by atoms with E-state index in [1.807, 2.05) is 13.8 Å². The van der Waals surface area contributed by atoms with E-state index in [1.54, 1.807) is 36.4 Å². The van der Waals surface area contributed by atoms with Gasteiger partial charge >= 0.3 is 6.18 Å². The average molecular weight is 602 g/mol. The number of hydrogen-bond donors (Lipinski definition) is 4. The summed E-state index contributed by atoms with van der Waals surface area (Å²) >= 11 is 5.36. The quantitative estimate of drug-likeness (QED) is 0.127. The van der Waals surface area contributed by atoms with Crippen molar-refractivity contribution < 1.29 is 27.7 Å². The fourth-order valence-electron chi connectivity index (χ4n) is 4.03. The fraction of sp³-hybridized carbons (Fsp3) is 0.276. The lowest BCUT2D eigenvalue weighted by molar-refractivity contribution is -0.384. The van der Waals surface area contributed by atoms with Crippen molar-refractivity contribution in [2.45, 2.75) is 44.9 Å². The van der Waals surface area contributed by atoms with E-state index in [4.69, 9.17) is 12.2 Å². The highest BCUT2D eigenvalue weighted by Gasteiger charge is 2.32. The molecule has 0 aliphatic rings. The zero-order valence-corrected chi connectivity index (χ0v) is 23.6. The van der Waals surface area contributed by atoms with Crippen molar-refractivity contribution in [3.05, 3.63) is 100 Å². The van der Waals surface area contributed by atoms with Crippen LogP contribution in [0.4, 0.5) is 30.2 Å². The molecule has 0 saturated heterocycles. The Morgan fingerprint density at radius 1 is 0.905 bits per heavy atom. The number of nitro benzene ring substituents is 1. The highest BCUT2D eigenvalue weighted by atomic mass is 32.1. The molecule has 4 N–H and O–H groups in total.